The number of hydrogen-bond donors (Lipinski definition) is 1. The van der Waals surface area contributed by atoms with Gasteiger partial charge in [0.2, 0.25) is 5.91 Å². The molecule has 2 aliphatic carbocycles. The number of nitrogens with zero attached hydrogens (tertiary/aromatic N) is 1. The number of nitrogens with one attached hydrogen (secondary N) is 1. The number of hydrogen-bond acceptors (Lipinski definition) is 5. The molecule has 212 valence electrons. The summed E-state index contributed by atoms with van der Waals surface area (Å²) in [5, 5.41) is 2.83. The molecular weight excluding hydrogens is 492 g/mol. The Hall–Kier alpha value is -2.90. The molecule has 1 atom stereocenters. The zero-order valence-electron chi connectivity index (χ0n) is 23.7. The minimum atomic E-state index is -0.503. The van der Waals surface area contributed by atoms with E-state index in [-0.39, 0.29) is 25.0 Å². The molecular formula is C32H44N2O5. The minimum Gasteiger partial charge on any atom is -0.449 e. The molecule has 0 bridgehead atoms. The second-order valence-electron chi connectivity index (χ2n) is 10.7. The lowest BCUT2D eigenvalue weighted by molar-refractivity contribution is -0.162. The minimum absolute atomic E-state index is 0.00209. The largest absolute Gasteiger partial charge is 0.449 e. The highest BCUT2D eigenvalue weighted by molar-refractivity contribution is 5.80. The van der Waals surface area contributed by atoms with Crippen molar-refractivity contribution in [3.05, 3.63) is 59.7 Å². The van der Waals surface area contributed by atoms with Gasteiger partial charge in [-0.25, -0.2) is 4.79 Å². The molecule has 0 aromatic heterocycles. The second-order valence-corrected chi connectivity index (χ2v) is 10.7. The number of rotatable bonds is 13. The van der Waals surface area contributed by atoms with Crippen molar-refractivity contribution in [3.63, 3.8) is 0 Å². The molecule has 2 aromatic rings. The zero-order valence-corrected chi connectivity index (χ0v) is 23.7. The van der Waals surface area contributed by atoms with Crippen LogP contribution in [-0.4, -0.2) is 62.6 Å². The topological polar surface area (TPSA) is 77.1 Å². The molecule has 0 saturated heterocycles. The standard InChI is InChI=1S/C32H44N2O5/c1-4-37-30(38-5-2)21-34(20-24-13-7-6-8-14-24)31(35)23(3)19-33-32(36)39-22-29-27-17-11-9-15-25(27)26-16-10-12-18-28(26)29/h9-12,15-18,23-24,29-30H,4-8,13-14,19-22H2,1-3H3,(H,33,36)/t23-/m1/s1. The molecule has 0 unspecified atom stereocenters. The molecule has 2 aliphatic rings. The fourth-order valence-electron chi connectivity index (χ4n) is 5.93. The number of amides is 2. The fraction of sp³-hybridized carbons (Fsp3) is 0.562. The summed E-state index contributed by atoms with van der Waals surface area (Å²) in [6.07, 6.45) is 5.03. The van der Waals surface area contributed by atoms with Gasteiger partial charge < -0.3 is 24.4 Å². The number of carbonyl (C=O) groups excluding carboxylic acids is 2. The van der Waals surface area contributed by atoms with Crippen molar-refractivity contribution >= 4 is 12.0 Å². The van der Waals surface area contributed by atoms with Gasteiger partial charge in [0.25, 0.3) is 0 Å². The van der Waals surface area contributed by atoms with Crippen molar-refractivity contribution in [1.82, 2.24) is 10.2 Å². The van der Waals surface area contributed by atoms with Crippen molar-refractivity contribution < 1.29 is 23.8 Å². The van der Waals surface area contributed by atoms with E-state index < -0.39 is 18.3 Å². The highest BCUT2D eigenvalue weighted by Crippen LogP contribution is 2.44. The van der Waals surface area contributed by atoms with E-state index in [1.807, 2.05) is 49.9 Å². The Morgan fingerprint density at radius 2 is 1.51 bits per heavy atom. The normalized spacial score (nSPS) is 16.0. The summed E-state index contributed by atoms with van der Waals surface area (Å²) in [6, 6.07) is 16.5. The van der Waals surface area contributed by atoms with E-state index in [1.165, 1.54) is 41.5 Å². The Labute approximate surface area is 233 Å². The molecule has 4 rings (SSSR count). The molecule has 0 heterocycles. The number of fused-ring (bicyclic) bond motifs is 3. The van der Waals surface area contributed by atoms with Crippen LogP contribution in [0.15, 0.2) is 48.5 Å². The Bertz CT molecular complexity index is 1030. The summed E-state index contributed by atoms with van der Waals surface area (Å²) in [7, 11) is 0. The number of ether oxygens (including phenoxy) is 3. The van der Waals surface area contributed by atoms with Crippen LogP contribution in [0.2, 0.25) is 0 Å². The molecule has 1 N–H and O–H groups in total. The Morgan fingerprint density at radius 3 is 2.10 bits per heavy atom. The number of carbonyl (C=O) groups is 2. The predicted molar refractivity (Wildman–Crippen MR) is 152 cm³/mol. The fourth-order valence-corrected chi connectivity index (χ4v) is 5.93. The molecule has 39 heavy (non-hydrogen) atoms. The molecule has 0 aliphatic heterocycles. The monoisotopic (exact) mass is 536 g/mol. The molecule has 1 fully saturated rings. The second kappa shape index (κ2) is 14.5. The predicted octanol–water partition coefficient (Wildman–Crippen LogP) is 5.97. The lowest BCUT2D eigenvalue weighted by Gasteiger charge is -2.33. The van der Waals surface area contributed by atoms with Crippen LogP contribution in [0.1, 0.15) is 69.9 Å². The Balaban J connectivity index is 1.32. The summed E-state index contributed by atoms with van der Waals surface area (Å²) in [5.41, 5.74) is 4.73. The summed E-state index contributed by atoms with van der Waals surface area (Å²) >= 11 is 0. The third-order valence-corrected chi connectivity index (χ3v) is 7.91. The van der Waals surface area contributed by atoms with Gasteiger partial charge in [-0.2, -0.15) is 0 Å². The zero-order chi connectivity index (χ0) is 27.6. The van der Waals surface area contributed by atoms with E-state index >= 15 is 0 Å². The molecule has 2 amide bonds. The molecule has 7 heteroatoms. The summed E-state index contributed by atoms with van der Waals surface area (Å²) < 4.78 is 17.2. The summed E-state index contributed by atoms with van der Waals surface area (Å²) in [4.78, 5) is 28.1. The maximum Gasteiger partial charge on any atom is 0.407 e. The van der Waals surface area contributed by atoms with Crippen LogP contribution in [0.4, 0.5) is 4.79 Å². The molecule has 0 radical (unpaired) electrons. The van der Waals surface area contributed by atoms with Crippen LogP contribution in [0.5, 0.6) is 0 Å². The first kappa shape index (κ1) is 29.1. The third-order valence-electron chi connectivity index (χ3n) is 7.91. The summed E-state index contributed by atoms with van der Waals surface area (Å²) in [5.74, 6) is 0.109. The van der Waals surface area contributed by atoms with Crippen LogP contribution in [0.3, 0.4) is 0 Å². The smallest absolute Gasteiger partial charge is 0.407 e. The van der Waals surface area contributed by atoms with Crippen molar-refractivity contribution in [2.75, 3.05) is 39.5 Å². The third kappa shape index (κ3) is 7.61. The van der Waals surface area contributed by atoms with E-state index in [4.69, 9.17) is 14.2 Å². The quantitative estimate of drug-likeness (QED) is 0.319. The van der Waals surface area contributed by atoms with E-state index in [1.54, 1.807) is 0 Å². The van der Waals surface area contributed by atoms with Gasteiger partial charge in [0.15, 0.2) is 6.29 Å². The molecule has 1 saturated carbocycles. The first-order valence-corrected chi connectivity index (χ1v) is 14.6. The highest BCUT2D eigenvalue weighted by atomic mass is 16.7. The van der Waals surface area contributed by atoms with Crippen LogP contribution in [0, 0.1) is 11.8 Å². The van der Waals surface area contributed by atoms with Crippen molar-refractivity contribution in [2.45, 2.75) is 65.1 Å². The van der Waals surface area contributed by atoms with Crippen molar-refractivity contribution in [1.29, 1.82) is 0 Å². The maximum absolute atomic E-state index is 13.5. The van der Waals surface area contributed by atoms with Gasteiger partial charge in [-0.05, 0) is 54.9 Å². The number of benzene rings is 2. The number of alkyl carbamates (subject to hydrolysis) is 1. The van der Waals surface area contributed by atoms with Crippen LogP contribution in [-0.2, 0) is 19.0 Å². The van der Waals surface area contributed by atoms with Crippen LogP contribution < -0.4 is 5.32 Å². The van der Waals surface area contributed by atoms with Gasteiger partial charge in [-0.15, -0.1) is 0 Å². The highest BCUT2D eigenvalue weighted by Gasteiger charge is 2.30. The van der Waals surface area contributed by atoms with Crippen LogP contribution in [0.25, 0.3) is 11.1 Å². The van der Waals surface area contributed by atoms with Gasteiger partial charge in [-0.1, -0.05) is 74.7 Å². The van der Waals surface area contributed by atoms with Gasteiger partial charge in [0, 0.05) is 32.2 Å². The average Bonchev–Trinajstić information content (AvgIpc) is 3.28. The van der Waals surface area contributed by atoms with Gasteiger partial charge in [-0.3, -0.25) is 4.79 Å². The molecule has 0 spiro atoms. The lowest BCUT2D eigenvalue weighted by Crippen LogP contribution is -2.47. The van der Waals surface area contributed by atoms with E-state index in [2.05, 4.69) is 29.6 Å². The Kier molecular flexibility index (Phi) is 10.8. The van der Waals surface area contributed by atoms with Crippen molar-refractivity contribution in [3.8, 4) is 11.1 Å². The van der Waals surface area contributed by atoms with Gasteiger partial charge in [0.1, 0.15) is 6.61 Å². The first-order valence-electron chi connectivity index (χ1n) is 14.6. The van der Waals surface area contributed by atoms with Gasteiger partial charge in [0.05, 0.1) is 12.5 Å². The van der Waals surface area contributed by atoms with E-state index in [0.717, 1.165) is 12.8 Å². The van der Waals surface area contributed by atoms with Crippen LogP contribution >= 0.6 is 0 Å². The first-order chi connectivity index (χ1) is 19.0. The average molecular weight is 537 g/mol. The maximum atomic E-state index is 13.5. The van der Waals surface area contributed by atoms with Crippen molar-refractivity contribution in [2.24, 2.45) is 11.8 Å². The summed E-state index contributed by atoms with van der Waals surface area (Å²) in [6.45, 7) is 8.32. The van der Waals surface area contributed by atoms with E-state index in [9.17, 15) is 9.59 Å². The Morgan fingerprint density at radius 1 is 0.923 bits per heavy atom. The molecule has 7 nitrogen and oxygen atoms in total. The lowest BCUT2D eigenvalue weighted by atomic mass is 9.88. The molecule has 2 aromatic carbocycles. The van der Waals surface area contributed by atoms with E-state index in [0.29, 0.717) is 32.2 Å². The van der Waals surface area contributed by atoms with Gasteiger partial charge >= 0.3 is 6.09 Å². The SMILES string of the molecule is CCOC(CN(CC1CCCCC1)C(=O)[C@H](C)CNC(=O)OCC1c2ccccc2-c2ccccc21)OCC.